The molecule has 31 heavy (non-hydrogen) atoms. The van der Waals surface area contributed by atoms with Crippen LogP contribution in [0.1, 0.15) is 39.3 Å². The number of allylic oxidation sites excluding steroid dienone is 1. The number of nitrogens with one attached hydrogen (secondary N) is 2. The Balaban J connectivity index is 0.00000193. The Morgan fingerprint density at radius 3 is 2.68 bits per heavy atom. The van der Waals surface area contributed by atoms with Gasteiger partial charge >= 0.3 is 6.18 Å². The number of alkyl halides is 3. The van der Waals surface area contributed by atoms with Gasteiger partial charge in [0.2, 0.25) is 5.91 Å². The molecule has 1 aromatic carbocycles. The highest BCUT2D eigenvalue weighted by atomic mass is 32.2. The van der Waals surface area contributed by atoms with E-state index in [1.54, 1.807) is 12.2 Å². The van der Waals surface area contributed by atoms with Crippen LogP contribution in [0.5, 0.6) is 0 Å². The van der Waals surface area contributed by atoms with Gasteiger partial charge in [-0.1, -0.05) is 12.1 Å². The summed E-state index contributed by atoms with van der Waals surface area (Å²) in [7, 11) is -4.38. The number of nitriles is 1. The fourth-order valence-electron chi connectivity index (χ4n) is 3.78. The van der Waals surface area contributed by atoms with Gasteiger partial charge < -0.3 is 10.6 Å². The van der Waals surface area contributed by atoms with Crippen LogP contribution in [0.15, 0.2) is 40.2 Å². The van der Waals surface area contributed by atoms with Crippen molar-refractivity contribution in [1.29, 1.82) is 5.26 Å². The summed E-state index contributed by atoms with van der Waals surface area (Å²) in [6.45, 7) is -0.158. The van der Waals surface area contributed by atoms with E-state index in [0.717, 1.165) is 12.1 Å². The number of rotatable bonds is 5. The monoisotopic (exact) mass is 456 g/mol. The number of nitrogens with zero attached hydrogens (tertiary/aromatic N) is 2. The lowest BCUT2D eigenvalue weighted by molar-refractivity contribution is -0.140. The van der Waals surface area contributed by atoms with Gasteiger partial charge in [-0.3, -0.25) is 9.79 Å². The van der Waals surface area contributed by atoms with Crippen LogP contribution in [0.3, 0.4) is 0 Å². The Labute approximate surface area is 179 Å². The summed E-state index contributed by atoms with van der Waals surface area (Å²) in [6.07, 6.45) is 0.674. The zero-order valence-corrected chi connectivity index (χ0v) is 17.0. The van der Waals surface area contributed by atoms with Gasteiger partial charge in [-0.25, -0.2) is 8.42 Å². The van der Waals surface area contributed by atoms with Crippen LogP contribution >= 0.6 is 0 Å². The van der Waals surface area contributed by atoms with Crippen LogP contribution in [0.4, 0.5) is 13.2 Å². The van der Waals surface area contributed by atoms with E-state index in [2.05, 4.69) is 15.6 Å². The van der Waals surface area contributed by atoms with Crippen molar-refractivity contribution >= 4 is 22.0 Å². The molecule has 4 rings (SSSR count). The SMILES string of the molecule is N#CC1(NC(=O)[C@@H]2C[C@@H](S(=O)(=O)c3ccc(C4C=CC=N4)cc3C(F)(F)F)CN2)CC1.[HH].[HH]. The molecule has 1 saturated heterocycles. The van der Waals surface area contributed by atoms with Crippen LogP contribution in [-0.2, 0) is 20.8 Å². The lowest BCUT2D eigenvalue weighted by atomic mass is 10.0. The number of sulfone groups is 1. The van der Waals surface area contributed by atoms with Crippen LogP contribution < -0.4 is 10.6 Å². The van der Waals surface area contributed by atoms with Crippen molar-refractivity contribution in [2.45, 2.75) is 53.2 Å². The molecule has 1 aromatic rings. The normalized spacial score (nSPS) is 26.6. The van der Waals surface area contributed by atoms with Crippen molar-refractivity contribution in [3.8, 4) is 6.07 Å². The van der Waals surface area contributed by atoms with Gasteiger partial charge in [0.25, 0.3) is 0 Å². The summed E-state index contributed by atoms with van der Waals surface area (Å²) < 4.78 is 67.4. The molecule has 11 heteroatoms. The minimum atomic E-state index is -4.88. The smallest absolute Gasteiger partial charge is 0.336 e. The van der Waals surface area contributed by atoms with Gasteiger partial charge in [0.05, 0.1) is 33.9 Å². The van der Waals surface area contributed by atoms with E-state index in [1.807, 2.05) is 6.07 Å². The molecule has 1 saturated carbocycles. The zero-order valence-electron chi connectivity index (χ0n) is 16.2. The number of carbonyl (C=O) groups excluding carboxylic acids is 1. The fraction of sp³-hybridized carbons (Fsp3) is 0.450. The van der Waals surface area contributed by atoms with Gasteiger partial charge in [0, 0.05) is 15.6 Å². The van der Waals surface area contributed by atoms with Crippen LogP contribution in [-0.4, -0.2) is 43.9 Å². The molecule has 2 aliphatic heterocycles. The first-order chi connectivity index (χ1) is 14.6. The molecule has 3 aliphatic rings. The van der Waals surface area contributed by atoms with Crippen molar-refractivity contribution in [2.24, 2.45) is 4.99 Å². The van der Waals surface area contributed by atoms with E-state index < -0.39 is 55.3 Å². The third-order valence-electron chi connectivity index (χ3n) is 5.76. The third-order valence-corrected chi connectivity index (χ3v) is 7.96. The fourth-order valence-corrected chi connectivity index (χ4v) is 5.64. The summed E-state index contributed by atoms with van der Waals surface area (Å²) in [6, 6.07) is 3.65. The Morgan fingerprint density at radius 1 is 1.35 bits per heavy atom. The number of benzene rings is 1. The van der Waals surface area contributed by atoms with Gasteiger partial charge in [-0.05, 0) is 43.0 Å². The first-order valence-corrected chi connectivity index (χ1v) is 11.2. The zero-order chi connectivity index (χ0) is 22.4. The van der Waals surface area contributed by atoms with E-state index >= 15 is 0 Å². The maximum atomic E-state index is 13.7. The van der Waals surface area contributed by atoms with E-state index in [-0.39, 0.29) is 21.4 Å². The van der Waals surface area contributed by atoms with Gasteiger partial charge in [-0.15, -0.1) is 0 Å². The number of halogens is 3. The third kappa shape index (κ3) is 4.09. The standard InChI is InChI=1S/C20H19F3N4O3S.2H2/c21-20(22,23)14-8-12(15-2-1-7-25-15)3-4-17(14)31(29,30)13-9-16(26-10-13)18(28)27-19(11-24)5-6-19;;/h1-4,7-8,13,15-16,26H,5-6,9-10H2,(H,27,28);2*1H/t13-,15?,16+;;/m1../s1. The van der Waals surface area contributed by atoms with Crippen molar-refractivity contribution in [3.05, 3.63) is 41.5 Å². The van der Waals surface area contributed by atoms with E-state index in [9.17, 15) is 26.4 Å². The Kier molecular flexibility index (Phi) is 5.18. The summed E-state index contributed by atoms with van der Waals surface area (Å²) in [5.41, 5.74) is -1.91. The number of amides is 1. The molecular formula is C20H23F3N4O3S. The summed E-state index contributed by atoms with van der Waals surface area (Å²) in [5.74, 6) is -0.519. The molecule has 2 heterocycles. The molecule has 1 unspecified atom stereocenters. The molecule has 2 fully saturated rings. The van der Waals surface area contributed by atoms with Crippen molar-refractivity contribution in [2.75, 3.05) is 6.54 Å². The average Bonchev–Trinajstić information content (AvgIpc) is 3.15. The van der Waals surface area contributed by atoms with E-state index in [0.29, 0.717) is 12.8 Å². The second kappa shape index (κ2) is 7.46. The van der Waals surface area contributed by atoms with E-state index in [4.69, 9.17) is 5.26 Å². The van der Waals surface area contributed by atoms with Crippen molar-refractivity contribution in [3.63, 3.8) is 0 Å². The predicted molar refractivity (Wildman–Crippen MR) is 109 cm³/mol. The lowest BCUT2D eigenvalue weighted by Crippen LogP contribution is -2.45. The van der Waals surface area contributed by atoms with Gasteiger partial charge in [0.15, 0.2) is 9.84 Å². The molecule has 0 spiro atoms. The molecule has 7 nitrogen and oxygen atoms in total. The quantitative estimate of drug-likeness (QED) is 0.707. The molecule has 168 valence electrons. The second-order valence-electron chi connectivity index (χ2n) is 7.93. The summed E-state index contributed by atoms with van der Waals surface area (Å²) in [4.78, 5) is 15.6. The van der Waals surface area contributed by atoms with Gasteiger partial charge in [-0.2, -0.15) is 18.4 Å². The predicted octanol–water partition coefficient (Wildman–Crippen LogP) is 2.56. The highest BCUT2D eigenvalue weighted by Crippen LogP contribution is 2.39. The van der Waals surface area contributed by atoms with Gasteiger partial charge in [0.1, 0.15) is 5.54 Å². The second-order valence-corrected chi connectivity index (χ2v) is 10.1. The molecular weight excluding hydrogens is 433 g/mol. The number of hydrogen-bond acceptors (Lipinski definition) is 6. The van der Waals surface area contributed by atoms with Crippen LogP contribution in [0, 0.1) is 11.3 Å². The minimum Gasteiger partial charge on any atom is -0.336 e. The molecule has 0 bridgehead atoms. The Morgan fingerprint density at radius 2 is 2.10 bits per heavy atom. The highest BCUT2D eigenvalue weighted by Gasteiger charge is 2.48. The van der Waals surface area contributed by atoms with Crippen molar-refractivity contribution < 1.29 is 29.2 Å². The maximum Gasteiger partial charge on any atom is 0.417 e. The Hall–Kier alpha value is -2.71. The van der Waals surface area contributed by atoms with Crippen molar-refractivity contribution in [1.82, 2.24) is 10.6 Å². The lowest BCUT2D eigenvalue weighted by Gasteiger charge is -2.19. The molecule has 1 amide bonds. The van der Waals surface area contributed by atoms with Crippen LogP contribution in [0.25, 0.3) is 0 Å². The van der Waals surface area contributed by atoms with E-state index in [1.165, 1.54) is 12.3 Å². The molecule has 1 aliphatic carbocycles. The topological polar surface area (TPSA) is 111 Å². The average molecular weight is 456 g/mol. The molecule has 0 radical (unpaired) electrons. The highest BCUT2D eigenvalue weighted by molar-refractivity contribution is 7.92. The number of aliphatic imine (C=N–C) groups is 1. The molecule has 2 N–H and O–H groups in total. The first kappa shape index (κ1) is 21.5. The largest absolute Gasteiger partial charge is 0.417 e. The molecule has 3 atom stereocenters. The Bertz CT molecular complexity index is 1120. The summed E-state index contributed by atoms with van der Waals surface area (Å²) in [5, 5.41) is 13.2. The minimum absolute atomic E-state index is 0. The first-order valence-electron chi connectivity index (χ1n) is 9.67. The maximum absolute atomic E-state index is 13.7. The summed E-state index contributed by atoms with van der Waals surface area (Å²) >= 11 is 0. The number of carbonyl (C=O) groups is 1. The van der Waals surface area contributed by atoms with Crippen LogP contribution in [0.2, 0.25) is 0 Å². The number of hydrogen-bond donors (Lipinski definition) is 2. The molecule has 0 aromatic heterocycles.